The molecule has 0 saturated heterocycles. The second-order valence-electron chi connectivity index (χ2n) is 3.63. The lowest BCUT2D eigenvalue weighted by molar-refractivity contribution is -0.108. The molecule has 0 spiro atoms. The van der Waals surface area contributed by atoms with E-state index >= 15 is 0 Å². The summed E-state index contributed by atoms with van der Waals surface area (Å²) in [5, 5.41) is 2.53. The van der Waals surface area contributed by atoms with E-state index in [0.29, 0.717) is 17.9 Å². The molecular weight excluding hydrogens is 218 g/mol. The topological polar surface area (TPSA) is 47.6 Å². The molecule has 92 valence electrons. The number of aryl methyl sites for hydroxylation is 1. The molecule has 1 aromatic carbocycles. The Morgan fingerprint density at radius 1 is 1.24 bits per heavy atom. The molecule has 1 N–H and O–H groups in total. The second-order valence-corrected chi connectivity index (χ2v) is 3.63. The minimum Gasteiger partial charge on any atom is -0.493 e. The zero-order chi connectivity index (χ0) is 12.8. The van der Waals surface area contributed by atoms with Crippen molar-refractivity contribution in [3.63, 3.8) is 0 Å². The van der Waals surface area contributed by atoms with E-state index in [1.54, 1.807) is 20.4 Å². The van der Waals surface area contributed by atoms with Gasteiger partial charge in [0.2, 0.25) is 6.41 Å². The molecule has 0 radical (unpaired) electrons. The highest BCUT2D eigenvalue weighted by Gasteiger charge is 2.09. The van der Waals surface area contributed by atoms with Gasteiger partial charge in [0, 0.05) is 6.20 Å². The Balaban J connectivity index is 3.20. The number of allylic oxidation sites excluding steroid dienone is 1. The molecule has 0 atom stereocenters. The van der Waals surface area contributed by atoms with Gasteiger partial charge in [-0.15, -0.1) is 0 Å². The van der Waals surface area contributed by atoms with Crippen molar-refractivity contribution >= 4 is 12.0 Å². The summed E-state index contributed by atoms with van der Waals surface area (Å²) in [5.74, 6) is 1.37. The van der Waals surface area contributed by atoms with Crippen LogP contribution in [0.3, 0.4) is 0 Å². The molecule has 0 aromatic heterocycles. The Bertz CT molecular complexity index is 439. The largest absolute Gasteiger partial charge is 0.493 e. The van der Waals surface area contributed by atoms with Crippen LogP contribution in [0, 0.1) is 6.92 Å². The van der Waals surface area contributed by atoms with Gasteiger partial charge in [0.1, 0.15) is 0 Å². The van der Waals surface area contributed by atoms with Gasteiger partial charge in [0.25, 0.3) is 0 Å². The summed E-state index contributed by atoms with van der Waals surface area (Å²) >= 11 is 0. The van der Waals surface area contributed by atoms with Gasteiger partial charge >= 0.3 is 0 Å². The average Bonchev–Trinajstić information content (AvgIpc) is 2.35. The van der Waals surface area contributed by atoms with E-state index in [2.05, 4.69) is 5.32 Å². The van der Waals surface area contributed by atoms with Crippen LogP contribution in [0.1, 0.15) is 18.1 Å². The van der Waals surface area contributed by atoms with Crippen LogP contribution in [0.5, 0.6) is 11.5 Å². The molecule has 0 bridgehead atoms. The van der Waals surface area contributed by atoms with Crippen LogP contribution in [0.15, 0.2) is 18.3 Å². The van der Waals surface area contributed by atoms with Crippen molar-refractivity contribution in [3.05, 3.63) is 29.5 Å². The van der Waals surface area contributed by atoms with Crippen molar-refractivity contribution in [1.29, 1.82) is 0 Å². The lowest BCUT2D eigenvalue weighted by atomic mass is 10.0. The monoisotopic (exact) mass is 235 g/mol. The summed E-state index contributed by atoms with van der Waals surface area (Å²) in [5.41, 5.74) is 3.02. The smallest absolute Gasteiger partial charge is 0.211 e. The van der Waals surface area contributed by atoms with Gasteiger partial charge in [0.05, 0.1) is 14.2 Å². The van der Waals surface area contributed by atoms with Crippen LogP contribution in [0.2, 0.25) is 0 Å². The van der Waals surface area contributed by atoms with Crippen molar-refractivity contribution < 1.29 is 14.3 Å². The lowest BCUT2D eigenvalue weighted by Gasteiger charge is -2.13. The number of nitrogens with one attached hydrogen (secondary N) is 1. The third-order valence-electron chi connectivity index (χ3n) is 2.52. The molecule has 1 amide bonds. The number of hydrogen-bond acceptors (Lipinski definition) is 3. The summed E-state index contributed by atoms with van der Waals surface area (Å²) in [6.45, 7) is 3.90. The van der Waals surface area contributed by atoms with Crippen LogP contribution >= 0.6 is 0 Å². The van der Waals surface area contributed by atoms with Crippen LogP contribution in [-0.4, -0.2) is 20.6 Å². The summed E-state index contributed by atoms with van der Waals surface area (Å²) in [6, 6.07) is 3.80. The van der Waals surface area contributed by atoms with Crippen molar-refractivity contribution in [1.82, 2.24) is 5.32 Å². The van der Waals surface area contributed by atoms with Gasteiger partial charge in [-0.25, -0.2) is 0 Å². The first-order valence-corrected chi connectivity index (χ1v) is 5.23. The van der Waals surface area contributed by atoms with E-state index in [4.69, 9.17) is 9.47 Å². The minimum absolute atomic E-state index is 0.638. The van der Waals surface area contributed by atoms with E-state index in [1.165, 1.54) is 0 Å². The summed E-state index contributed by atoms with van der Waals surface area (Å²) < 4.78 is 10.5. The molecule has 0 aliphatic carbocycles. The normalized spacial score (nSPS) is 10.9. The first-order chi connectivity index (χ1) is 8.13. The second kappa shape index (κ2) is 5.94. The van der Waals surface area contributed by atoms with Crippen LogP contribution in [0.4, 0.5) is 0 Å². The Hall–Kier alpha value is -1.97. The summed E-state index contributed by atoms with van der Waals surface area (Å²) in [7, 11) is 3.20. The maximum absolute atomic E-state index is 10.2. The Kier molecular flexibility index (Phi) is 4.57. The third-order valence-corrected chi connectivity index (χ3v) is 2.52. The molecule has 0 unspecified atom stereocenters. The standard InChI is InChI=1S/C13H17NO3/c1-9-5-12(16-3)13(17-4)6-11(9)10(2)7-14-8-15/h5-8H,1-4H3,(H,14,15)/b10-7-. The molecule has 4 nitrogen and oxygen atoms in total. The van der Waals surface area contributed by atoms with Gasteiger partial charge < -0.3 is 14.8 Å². The molecule has 1 rings (SSSR count). The number of carbonyl (C=O) groups is 1. The molecule has 17 heavy (non-hydrogen) atoms. The van der Waals surface area contributed by atoms with Gasteiger partial charge in [-0.2, -0.15) is 0 Å². The maximum Gasteiger partial charge on any atom is 0.211 e. The fraction of sp³-hybridized carbons (Fsp3) is 0.308. The predicted octanol–water partition coefficient (Wildman–Crippen LogP) is 2.12. The van der Waals surface area contributed by atoms with Crippen LogP contribution in [-0.2, 0) is 4.79 Å². The number of carbonyl (C=O) groups excluding carboxylic acids is 1. The van der Waals surface area contributed by atoms with Gasteiger partial charge in [-0.05, 0) is 42.7 Å². The van der Waals surface area contributed by atoms with Gasteiger partial charge in [-0.3, -0.25) is 4.79 Å². The highest BCUT2D eigenvalue weighted by molar-refractivity contribution is 5.70. The van der Waals surface area contributed by atoms with E-state index in [-0.39, 0.29) is 0 Å². The van der Waals surface area contributed by atoms with Crippen LogP contribution in [0.25, 0.3) is 5.57 Å². The van der Waals surface area contributed by atoms with E-state index in [1.807, 2.05) is 26.0 Å². The van der Waals surface area contributed by atoms with Crippen LogP contribution < -0.4 is 14.8 Å². The highest BCUT2D eigenvalue weighted by Crippen LogP contribution is 2.32. The molecule has 0 aliphatic rings. The van der Waals surface area contributed by atoms with Gasteiger partial charge in [0.15, 0.2) is 11.5 Å². The molecule has 4 heteroatoms. The lowest BCUT2D eigenvalue weighted by Crippen LogP contribution is -2.01. The highest BCUT2D eigenvalue weighted by atomic mass is 16.5. The van der Waals surface area contributed by atoms with Gasteiger partial charge in [-0.1, -0.05) is 0 Å². The van der Waals surface area contributed by atoms with Crippen molar-refractivity contribution in [2.24, 2.45) is 0 Å². The van der Waals surface area contributed by atoms with E-state index in [0.717, 1.165) is 16.7 Å². The fourth-order valence-electron chi connectivity index (χ4n) is 1.64. The fourth-order valence-corrected chi connectivity index (χ4v) is 1.64. The Labute approximate surface area is 101 Å². The van der Waals surface area contributed by atoms with Crippen molar-refractivity contribution in [2.75, 3.05) is 14.2 Å². The molecule has 0 heterocycles. The molecule has 0 aliphatic heterocycles. The number of rotatable bonds is 5. The molecule has 0 saturated carbocycles. The number of ether oxygens (including phenoxy) is 2. The van der Waals surface area contributed by atoms with E-state index in [9.17, 15) is 4.79 Å². The number of hydrogen-bond donors (Lipinski definition) is 1. The van der Waals surface area contributed by atoms with Crippen molar-refractivity contribution in [3.8, 4) is 11.5 Å². The SMILES string of the molecule is COc1cc(C)c(/C(C)=C\NC=O)cc1OC. The summed E-state index contributed by atoms with van der Waals surface area (Å²) in [6.07, 6.45) is 2.29. The number of amides is 1. The third kappa shape index (κ3) is 3.00. The maximum atomic E-state index is 10.2. The summed E-state index contributed by atoms with van der Waals surface area (Å²) in [4.78, 5) is 10.2. The van der Waals surface area contributed by atoms with Crippen molar-refractivity contribution in [2.45, 2.75) is 13.8 Å². The van der Waals surface area contributed by atoms with E-state index < -0.39 is 0 Å². The predicted molar refractivity (Wildman–Crippen MR) is 67.1 cm³/mol. The number of benzene rings is 1. The first-order valence-electron chi connectivity index (χ1n) is 5.23. The zero-order valence-corrected chi connectivity index (χ0v) is 10.5. The average molecular weight is 235 g/mol. The molecule has 1 aromatic rings. The molecular formula is C13H17NO3. The zero-order valence-electron chi connectivity index (χ0n) is 10.5. The minimum atomic E-state index is 0.638. The number of methoxy groups -OCH3 is 2. The Morgan fingerprint density at radius 2 is 1.82 bits per heavy atom. The quantitative estimate of drug-likeness (QED) is 0.795. The Morgan fingerprint density at radius 3 is 2.35 bits per heavy atom. The first kappa shape index (κ1) is 13.1. The molecule has 0 fully saturated rings.